The summed E-state index contributed by atoms with van der Waals surface area (Å²) in [6.45, 7) is 4.13. The molecule has 0 bridgehead atoms. The quantitative estimate of drug-likeness (QED) is 0.426. The van der Waals surface area contributed by atoms with Gasteiger partial charge in [0.2, 0.25) is 10.9 Å². The molecule has 0 radical (unpaired) electrons. The summed E-state index contributed by atoms with van der Waals surface area (Å²) in [6.07, 6.45) is 0.687. The zero-order chi connectivity index (χ0) is 23.7. The number of thiazole rings is 1. The lowest BCUT2D eigenvalue weighted by atomic mass is 10.1. The summed E-state index contributed by atoms with van der Waals surface area (Å²) >= 11 is 1.00. The molecule has 0 saturated carbocycles. The van der Waals surface area contributed by atoms with E-state index in [0.717, 1.165) is 16.3 Å². The van der Waals surface area contributed by atoms with Gasteiger partial charge < -0.3 is 24.3 Å². The van der Waals surface area contributed by atoms with Gasteiger partial charge in [0, 0.05) is 17.5 Å². The Morgan fingerprint density at radius 3 is 2.25 bits per heavy atom. The average Bonchev–Trinajstić information content (AvgIpc) is 3.29. The fourth-order valence-electron chi connectivity index (χ4n) is 2.54. The zero-order valence-corrected chi connectivity index (χ0v) is 19.3. The Morgan fingerprint density at radius 1 is 1.06 bits per heavy atom. The Hall–Kier alpha value is -3.54. The third-order valence-corrected chi connectivity index (χ3v) is 4.86. The number of carbonyl (C=O) groups is 3. The molecule has 0 unspecified atom stereocenters. The number of hydrogen-bond donors (Lipinski definition) is 2. The summed E-state index contributed by atoms with van der Waals surface area (Å²) in [6, 6.07) is 2.28. The summed E-state index contributed by atoms with van der Waals surface area (Å²) in [7, 11) is 4.30. The van der Waals surface area contributed by atoms with Gasteiger partial charge in [-0.2, -0.15) is 5.01 Å². The lowest BCUT2D eigenvalue weighted by Crippen LogP contribution is -2.51. The number of esters is 1. The molecule has 1 aromatic carbocycles. The van der Waals surface area contributed by atoms with Gasteiger partial charge in [-0.05, 0) is 25.5 Å². The summed E-state index contributed by atoms with van der Waals surface area (Å²) in [5.41, 5.74) is 2.69. The van der Waals surface area contributed by atoms with Crippen LogP contribution < -0.4 is 30.0 Å². The summed E-state index contributed by atoms with van der Waals surface area (Å²) < 4.78 is 20.7. The summed E-state index contributed by atoms with van der Waals surface area (Å²) in [4.78, 5) is 41.8. The number of anilines is 1. The highest BCUT2D eigenvalue weighted by Crippen LogP contribution is 2.38. The van der Waals surface area contributed by atoms with Gasteiger partial charge in [-0.25, -0.2) is 14.6 Å². The number of nitrogens with one attached hydrogen (secondary N) is 2. The monoisotopic (exact) mass is 466 g/mol. The topological polar surface area (TPSA) is 128 Å². The summed E-state index contributed by atoms with van der Waals surface area (Å²) in [5, 5.41) is 5.14. The molecule has 1 heterocycles. The molecule has 0 fully saturated rings. The number of benzene rings is 1. The third kappa shape index (κ3) is 5.78. The highest BCUT2D eigenvalue weighted by molar-refractivity contribution is 7.14. The molecule has 3 amide bonds. The van der Waals surface area contributed by atoms with E-state index in [2.05, 4.69) is 15.7 Å². The van der Waals surface area contributed by atoms with Crippen LogP contribution in [0.25, 0.3) is 0 Å². The first-order valence-corrected chi connectivity index (χ1v) is 10.6. The fraction of sp³-hybridized carbons (Fsp3) is 0.400. The molecule has 0 aliphatic carbocycles. The number of carbonyl (C=O) groups excluding carboxylic acids is 3. The van der Waals surface area contributed by atoms with E-state index >= 15 is 0 Å². The molecule has 1 aromatic heterocycles. The van der Waals surface area contributed by atoms with Crippen LogP contribution >= 0.6 is 11.3 Å². The van der Waals surface area contributed by atoms with Gasteiger partial charge in [-0.3, -0.25) is 10.2 Å². The smallest absolute Gasteiger partial charge is 0.357 e. The number of nitrogens with zero attached hydrogens (tertiary/aromatic N) is 2. The molecule has 174 valence electrons. The van der Waals surface area contributed by atoms with Crippen molar-refractivity contribution < 1.29 is 33.3 Å². The van der Waals surface area contributed by atoms with E-state index in [-0.39, 0.29) is 34.5 Å². The van der Waals surface area contributed by atoms with Crippen LogP contribution in [0.1, 0.15) is 41.1 Å². The number of hydrogen-bond acceptors (Lipinski definition) is 9. The van der Waals surface area contributed by atoms with E-state index in [4.69, 9.17) is 18.9 Å². The molecule has 0 atom stereocenters. The van der Waals surface area contributed by atoms with E-state index < -0.39 is 17.9 Å². The fourth-order valence-corrected chi connectivity index (χ4v) is 3.29. The van der Waals surface area contributed by atoms with Crippen LogP contribution in [-0.2, 0) is 4.74 Å². The Labute approximate surface area is 189 Å². The maximum atomic E-state index is 13.0. The lowest BCUT2D eigenvalue weighted by Gasteiger charge is -2.21. The van der Waals surface area contributed by atoms with Crippen molar-refractivity contribution in [2.45, 2.75) is 20.3 Å². The zero-order valence-electron chi connectivity index (χ0n) is 18.5. The second-order valence-corrected chi connectivity index (χ2v) is 6.99. The number of amides is 3. The molecule has 0 spiro atoms. The molecule has 2 aromatic rings. The van der Waals surface area contributed by atoms with Crippen LogP contribution in [0.2, 0.25) is 0 Å². The van der Waals surface area contributed by atoms with E-state index in [0.29, 0.717) is 18.7 Å². The van der Waals surface area contributed by atoms with Crippen molar-refractivity contribution >= 4 is 34.4 Å². The second-order valence-electron chi connectivity index (χ2n) is 6.16. The molecule has 2 rings (SSSR count). The van der Waals surface area contributed by atoms with Crippen molar-refractivity contribution in [3.8, 4) is 17.2 Å². The van der Waals surface area contributed by atoms with Gasteiger partial charge in [0.25, 0.3) is 5.91 Å². The van der Waals surface area contributed by atoms with Gasteiger partial charge >= 0.3 is 12.0 Å². The molecule has 0 aliphatic rings. The van der Waals surface area contributed by atoms with Crippen molar-refractivity contribution in [3.05, 3.63) is 28.8 Å². The van der Waals surface area contributed by atoms with Crippen LogP contribution in [0.5, 0.6) is 17.2 Å². The maximum absolute atomic E-state index is 13.0. The maximum Gasteiger partial charge on any atom is 0.357 e. The predicted molar refractivity (Wildman–Crippen MR) is 118 cm³/mol. The molecule has 2 N–H and O–H groups in total. The Morgan fingerprint density at radius 2 is 1.72 bits per heavy atom. The normalized spacial score (nSPS) is 10.2. The van der Waals surface area contributed by atoms with Gasteiger partial charge in [-0.15, -0.1) is 11.3 Å². The second kappa shape index (κ2) is 11.7. The minimum Gasteiger partial charge on any atom is -0.493 e. The summed E-state index contributed by atoms with van der Waals surface area (Å²) in [5.74, 6) is -0.387. The van der Waals surface area contributed by atoms with Crippen LogP contribution in [-0.4, -0.2) is 57.4 Å². The number of methoxy groups -OCH3 is 3. The van der Waals surface area contributed by atoms with Gasteiger partial charge in [0.1, 0.15) is 0 Å². The van der Waals surface area contributed by atoms with E-state index in [1.54, 1.807) is 6.92 Å². The van der Waals surface area contributed by atoms with Gasteiger partial charge in [-0.1, -0.05) is 6.92 Å². The highest BCUT2D eigenvalue weighted by Gasteiger charge is 2.25. The SMILES string of the molecule is CCCNC(=O)N(NC(=O)c1cc(OC)c(OC)c(OC)c1)c1nc(C(=O)OCC)cs1. The third-order valence-electron chi connectivity index (χ3n) is 4.04. The Balaban J connectivity index is 2.36. The van der Waals surface area contributed by atoms with E-state index in [1.807, 2.05) is 6.92 Å². The van der Waals surface area contributed by atoms with Crippen molar-refractivity contribution in [2.75, 3.05) is 39.5 Å². The highest BCUT2D eigenvalue weighted by atomic mass is 32.1. The molecule has 32 heavy (non-hydrogen) atoms. The lowest BCUT2D eigenvalue weighted by molar-refractivity contribution is 0.0520. The number of hydrazine groups is 1. The first-order chi connectivity index (χ1) is 15.4. The van der Waals surface area contributed by atoms with Crippen LogP contribution in [0.4, 0.5) is 9.93 Å². The number of ether oxygens (including phenoxy) is 4. The van der Waals surface area contributed by atoms with Gasteiger partial charge in [0.15, 0.2) is 17.2 Å². The van der Waals surface area contributed by atoms with Crippen LogP contribution in [0, 0.1) is 0 Å². The van der Waals surface area contributed by atoms with Crippen LogP contribution in [0.3, 0.4) is 0 Å². The molecule has 11 nitrogen and oxygen atoms in total. The van der Waals surface area contributed by atoms with Crippen LogP contribution in [0.15, 0.2) is 17.5 Å². The van der Waals surface area contributed by atoms with Gasteiger partial charge in [0.05, 0.1) is 27.9 Å². The standard InChI is InChI=1S/C20H26N4O7S/c1-6-8-21-19(27)24(20-22-13(11-32-20)18(26)31-7-2)23-17(25)12-9-14(28-3)16(30-5)15(10-12)29-4/h9-11H,6-8H2,1-5H3,(H,21,27)(H,23,25). The first-order valence-electron chi connectivity index (χ1n) is 9.71. The van der Waals surface area contributed by atoms with E-state index in [9.17, 15) is 14.4 Å². The molecule has 0 aliphatic heterocycles. The van der Waals surface area contributed by atoms with E-state index in [1.165, 1.54) is 38.8 Å². The Bertz CT molecular complexity index is 938. The van der Waals surface area contributed by atoms with Crippen molar-refractivity contribution in [3.63, 3.8) is 0 Å². The van der Waals surface area contributed by atoms with Crippen molar-refractivity contribution in [1.82, 2.24) is 15.7 Å². The number of aromatic nitrogens is 1. The minimum absolute atomic E-state index is 0.0298. The molecular weight excluding hydrogens is 440 g/mol. The average molecular weight is 467 g/mol. The van der Waals surface area contributed by atoms with Crippen molar-refractivity contribution in [2.24, 2.45) is 0 Å². The Kier molecular flexibility index (Phi) is 9.08. The number of rotatable bonds is 9. The molecule has 12 heteroatoms. The molecule has 0 saturated heterocycles. The minimum atomic E-state index is -0.635. The van der Waals surface area contributed by atoms with Crippen molar-refractivity contribution in [1.29, 1.82) is 0 Å². The molecular formula is C20H26N4O7S. The first kappa shape index (κ1) is 24.7. The number of urea groups is 1. The predicted octanol–water partition coefficient (Wildman–Crippen LogP) is 2.62. The largest absolute Gasteiger partial charge is 0.493 e.